The van der Waals surface area contributed by atoms with Gasteiger partial charge in [0.15, 0.2) is 0 Å². The van der Waals surface area contributed by atoms with Gasteiger partial charge in [0.2, 0.25) is 0 Å². The van der Waals surface area contributed by atoms with Gasteiger partial charge in [-0.3, -0.25) is 0 Å². The highest BCUT2D eigenvalue weighted by Crippen LogP contribution is 2.34. The molecule has 0 heterocycles. The quantitative estimate of drug-likeness (QED) is 0.920. The van der Waals surface area contributed by atoms with E-state index < -0.39 is 0 Å². The third-order valence-corrected chi connectivity index (χ3v) is 4.71. The number of aliphatic hydroxyl groups is 1. The van der Waals surface area contributed by atoms with Crippen molar-refractivity contribution >= 4 is 15.9 Å². The van der Waals surface area contributed by atoms with Crippen molar-refractivity contribution in [2.45, 2.75) is 38.7 Å². The molecule has 100 valence electrons. The van der Waals surface area contributed by atoms with Crippen LogP contribution < -0.4 is 4.74 Å². The molecule has 18 heavy (non-hydrogen) atoms. The van der Waals surface area contributed by atoms with Crippen LogP contribution in [0.5, 0.6) is 5.75 Å². The average molecular weight is 313 g/mol. The van der Waals surface area contributed by atoms with E-state index in [9.17, 15) is 5.11 Å². The second-order valence-corrected chi connectivity index (χ2v) is 6.26. The SMILES string of the molecule is COc1ccc(Br)c(CC2CC(C)CCC2O)c1. The molecule has 1 aliphatic carbocycles. The van der Waals surface area contributed by atoms with Crippen molar-refractivity contribution < 1.29 is 9.84 Å². The van der Waals surface area contributed by atoms with Gasteiger partial charge in [0.1, 0.15) is 5.75 Å². The zero-order chi connectivity index (χ0) is 13.1. The molecule has 2 nitrogen and oxygen atoms in total. The minimum Gasteiger partial charge on any atom is -0.497 e. The van der Waals surface area contributed by atoms with E-state index >= 15 is 0 Å². The number of hydrogen-bond donors (Lipinski definition) is 1. The van der Waals surface area contributed by atoms with Crippen LogP contribution in [0.1, 0.15) is 31.7 Å². The molecular weight excluding hydrogens is 292 g/mol. The van der Waals surface area contributed by atoms with Crippen molar-refractivity contribution in [3.05, 3.63) is 28.2 Å². The van der Waals surface area contributed by atoms with E-state index in [0.29, 0.717) is 5.92 Å². The number of aliphatic hydroxyl groups excluding tert-OH is 1. The first-order chi connectivity index (χ1) is 8.60. The van der Waals surface area contributed by atoms with Crippen LogP contribution in [0.4, 0.5) is 0 Å². The Bertz CT molecular complexity index is 405. The molecule has 0 bridgehead atoms. The Hall–Kier alpha value is -0.540. The van der Waals surface area contributed by atoms with Gasteiger partial charge < -0.3 is 9.84 Å². The number of ether oxygens (including phenoxy) is 1. The van der Waals surface area contributed by atoms with Gasteiger partial charge in [-0.05, 0) is 61.3 Å². The van der Waals surface area contributed by atoms with E-state index in [1.807, 2.05) is 12.1 Å². The number of methoxy groups -OCH3 is 1. The maximum atomic E-state index is 10.1. The summed E-state index contributed by atoms with van der Waals surface area (Å²) in [5, 5.41) is 10.1. The highest BCUT2D eigenvalue weighted by Gasteiger charge is 2.27. The van der Waals surface area contributed by atoms with Crippen LogP contribution in [0.15, 0.2) is 22.7 Å². The highest BCUT2D eigenvalue weighted by molar-refractivity contribution is 9.10. The van der Waals surface area contributed by atoms with Gasteiger partial charge in [0, 0.05) is 4.47 Å². The van der Waals surface area contributed by atoms with Gasteiger partial charge in [0.25, 0.3) is 0 Å². The second kappa shape index (κ2) is 6.07. The summed E-state index contributed by atoms with van der Waals surface area (Å²) in [6, 6.07) is 6.04. The van der Waals surface area contributed by atoms with Crippen molar-refractivity contribution in [2.75, 3.05) is 7.11 Å². The molecule has 3 heteroatoms. The zero-order valence-electron chi connectivity index (χ0n) is 11.0. The standard InChI is InChI=1S/C15H21BrO2/c1-10-3-6-15(17)12(7-10)8-11-9-13(18-2)4-5-14(11)16/h4-5,9-10,12,15,17H,3,6-8H2,1-2H3. The highest BCUT2D eigenvalue weighted by atomic mass is 79.9. The largest absolute Gasteiger partial charge is 0.497 e. The summed E-state index contributed by atoms with van der Waals surface area (Å²) in [5.41, 5.74) is 1.23. The van der Waals surface area contributed by atoms with Gasteiger partial charge >= 0.3 is 0 Å². The Morgan fingerprint density at radius 3 is 2.89 bits per heavy atom. The Morgan fingerprint density at radius 2 is 2.17 bits per heavy atom. The van der Waals surface area contributed by atoms with Crippen LogP contribution >= 0.6 is 15.9 Å². The lowest BCUT2D eigenvalue weighted by atomic mass is 9.77. The summed E-state index contributed by atoms with van der Waals surface area (Å²) in [6.45, 7) is 2.28. The van der Waals surface area contributed by atoms with Crippen LogP contribution in [0, 0.1) is 11.8 Å². The smallest absolute Gasteiger partial charge is 0.119 e. The lowest BCUT2D eigenvalue weighted by Gasteiger charge is -2.32. The Labute approximate surface area is 117 Å². The molecule has 1 aromatic rings. The van der Waals surface area contributed by atoms with Crippen molar-refractivity contribution in [1.82, 2.24) is 0 Å². The molecular formula is C15H21BrO2. The van der Waals surface area contributed by atoms with Crippen molar-refractivity contribution in [3.8, 4) is 5.75 Å². The molecule has 0 radical (unpaired) electrons. The lowest BCUT2D eigenvalue weighted by molar-refractivity contribution is 0.0518. The molecule has 0 aliphatic heterocycles. The van der Waals surface area contributed by atoms with Gasteiger partial charge in [0.05, 0.1) is 13.2 Å². The summed E-state index contributed by atoms with van der Waals surface area (Å²) in [5.74, 6) is 1.98. The molecule has 1 aromatic carbocycles. The summed E-state index contributed by atoms with van der Waals surface area (Å²) in [6.07, 6.45) is 3.97. The Balaban J connectivity index is 2.12. The van der Waals surface area contributed by atoms with Crippen molar-refractivity contribution in [1.29, 1.82) is 0 Å². The maximum Gasteiger partial charge on any atom is 0.119 e. The molecule has 3 atom stereocenters. The van der Waals surface area contributed by atoms with Crippen LogP contribution in [-0.4, -0.2) is 18.3 Å². The van der Waals surface area contributed by atoms with E-state index in [0.717, 1.165) is 41.8 Å². The van der Waals surface area contributed by atoms with Crippen LogP contribution in [0.2, 0.25) is 0 Å². The predicted molar refractivity (Wildman–Crippen MR) is 76.9 cm³/mol. The lowest BCUT2D eigenvalue weighted by Crippen LogP contribution is -2.29. The van der Waals surface area contributed by atoms with Gasteiger partial charge in [-0.25, -0.2) is 0 Å². The molecule has 1 N–H and O–H groups in total. The fraction of sp³-hybridized carbons (Fsp3) is 0.600. The average Bonchev–Trinajstić information content (AvgIpc) is 2.36. The number of benzene rings is 1. The van der Waals surface area contributed by atoms with E-state index in [1.165, 1.54) is 5.56 Å². The minimum atomic E-state index is -0.153. The number of rotatable bonds is 3. The van der Waals surface area contributed by atoms with Crippen LogP contribution in [0.3, 0.4) is 0 Å². The third-order valence-electron chi connectivity index (χ3n) is 3.94. The molecule has 1 fully saturated rings. The molecule has 1 saturated carbocycles. The fourth-order valence-corrected chi connectivity index (χ4v) is 3.23. The van der Waals surface area contributed by atoms with E-state index in [4.69, 9.17) is 4.74 Å². The first kappa shape index (κ1) is 13.9. The third kappa shape index (κ3) is 3.27. The zero-order valence-corrected chi connectivity index (χ0v) is 12.6. The van der Waals surface area contributed by atoms with Gasteiger partial charge in [-0.2, -0.15) is 0 Å². The predicted octanol–water partition coefficient (Wildman–Crippen LogP) is 3.80. The molecule has 0 amide bonds. The minimum absolute atomic E-state index is 0.153. The topological polar surface area (TPSA) is 29.5 Å². The van der Waals surface area contributed by atoms with Gasteiger partial charge in [-0.15, -0.1) is 0 Å². The monoisotopic (exact) mass is 312 g/mol. The van der Waals surface area contributed by atoms with E-state index in [1.54, 1.807) is 7.11 Å². The second-order valence-electron chi connectivity index (χ2n) is 5.41. The summed E-state index contributed by atoms with van der Waals surface area (Å²) < 4.78 is 6.37. The summed E-state index contributed by atoms with van der Waals surface area (Å²) >= 11 is 3.58. The Morgan fingerprint density at radius 1 is 1.39 bits per heavy atom. The van der Waals surface area contributed by atoms with Gasteiger partial charge in [-0.1, -0.05) is 22.9 Å². The molecule has 0 saturated heterocycles. The van der Waals surface area contributed by atoms with Crippen LogP contribution in [0.25, 0.3) is 0 Å². The molecule has 2 rings (SSSR count). The molecule has 0 spiro atoms. The fourth-order valence-electron chi connectivity index (χ4n) is 2.82. The first-order valence-corrected chi connectivity index (χ1v) is 7.40. The normalized spacial score (nSPS) is 28.1. The maximum absolute atomic E-state index is 10.1. The van der Waals surface area contributed by atoms with Crippen LogP contribution in [-0.2, 0) is 6.42 Å². The molecule has 3 unspecified atom stereocenters. The number of halogens is 1. The summed E-state index contributed by atoms with van der Waals surface area (Å²) in [7, 11) is 1.69. The summed E-state index contributed by atoms with van der Waals surface area (Å²) in [4.78, 5) is 0. The van der Waals surface area contributed by atoms with E-state index in [2.05, 4.69) is 28.9 Å². The van der Waals surface area contributed by atoms with Crippen molar-refractivity contribution in [3.63, 3.8) is 0 Å². The first-order valence-electron chi connectivity index (χ1n) is 6.60. The molecule has 0 aromatic heterocycles. The number of hydrogen-bond acceptors (Lipinski definition) is 2. The Kier molecular flexibility index (Phi) is 4.68. The van der Waals surface area contributed by atoms with Crippen molar-refractivity contribution in [2.24, 2.45) is 11.8 Å². The van der Waals surface area contributed by atoms with E-state index in [-0.39, 0.29) is 6.10 Å². The molecule has 1 aliphatic rings.